The number of H-pyrrole nitrogens is 1. The Balaban J connectivity index is 3.10. The lowest BCUT2D eigenvalue weighted by molar-refractivity contribution is 0.704. The maximum Gasteiger partial charge on any atom is 0.272 e. The number of hydrogen-bond acceptors (Lipinski definition) is 3. The van der Waals surface area contributed by atoms with Crippen molar-refractivity contribution in [2.45, 2.75) is 0 Å². The monoisotopic (exact) mass is 191 g/mol. The Morgan fingerprint density at radius 2 is 2.00 bits per heavy atom. The van der Waals surface area contributed by atoms with Gasteiger partial charge in [-0.05, 0) is 18.2 Å². The normalized spacial score (nSPS) is 10.6. The number of aromatic amines is 1. The number of aryl methyl sites for hydroxylation is 1. The fourth-order valence-corrected chi connectivity index (χ4v) is 1.38. The third-order valence-corrected chi connectivity index (χ3v) is 2.09. The van der Waals surface area contributed by atoms with Gasteiger partial charge in [0.1, 0.15) is 0 Å². The van der Waals surface area contributed by atoms with Crippen LogP contribution < -0.4 is 16.9 Å². The number of nitrogen functional groups attached to an aromatic ring is 1. The number of hydrogen-bond donors (Lipinski definition) is 2. The van der Waals surface area contributed by atoms with Crippen LogP contribution in [0.25, 0.3) is 10.8 Å². The maximum atomic E-state index is 11.5. The second-order valence-corrected chi connectivity index (χ2v) is 3.11. The van der Waals surface area contributed by atoms with Crippen molar-refractivity contribution in [3.63, 3.8) is 0 Å². The third kappa shape index (κ3) is 1.10. The molecule has 0 saturated carbocycles. The lowest BCUT2D eigenvalue weighted by Gasteiger charge is -2.01. The Labute approximate surface area is 78.8 Å². The van der Waals surface area contributed by atoms with Crippen LogP contribution in [0.3, 0.4) is 0 Å². The Morgan fingerprint density at radius 1 is 1.29 bits per heavy atom. The molecule has 0 aliphatic rings. The van der Waals surface area contributed by atoms with Crippen molar-refractivity contribution in [3.8, 4) is 0 Å². The van der Waals surface area contributed by atoms with E-state index in [0.29, 0.717) is 16.5 Å². The van der Waals surface area contributed by atoms with Crippen molar-refractivity contribution < 1.29 is 0 Å². The molecule has 72 valence electrons. The molecule has 0 saturated heterocycles. The number of nitrogens with zero attached hydrogens (tertiary/aromatic N) is 1. The Kier molecular flexibility index (Phi) is 1.67. The minimum absolute atomic E-state index is 0.236. The molecule has 5 heteroatoms. The first-order valence-corrected chi connectivity index (χ1v) is 4.08. The maximum absolute atomic E-state index is 11.5. The Bertz CT molecular complexity index is 609. The highest BCUT2D eigenvalue weighted by Gasteiger charge is 2.04. The Hall–Kier alpha value is -2.04. The highest BCUT2D eigenvalue weighted by atomic mass is 16.1. The van der Waals surface area contributed by atoms with Crippen molar-refractivity contribution >= 4 is 16.5 Å². The first kappa shape index (κ1) is 8.55. The SMILES string of the molecule is Cn1[nH]c(=O)c2cc(N)ccc2c1=O. The minimum Gasteiger partial charge on any atom is -0.399 e. The van der Waals surface area contributed by atoms with E-state index in [1.807, 2.05) is 0 Å². The summed E-state index contributed by atoms with van der Waals surface area (Å²) in [5.41, 5.74) is 5.44. The quantitative estimate of drug-likeness (QED) is 0.566. The van der Waals surface area contributed by atoms with Crippen LogP contribution in [-0.4, -0.2) is 9.78 Å². The van der Waals surface area contributed by atoms with Crippen LogP contribution in [0.5, 0.6) is 0 Å². The van der Waals surface area contributed by atoms with E-state index in [1.54, 1.807) is 12.1 Å². The number of aromatic nitrogens is 2. The molecular weight excluding hydrogens is 182 g/mol. The summed E-state index contributed by atoms with van der Waals surface area (Å²) in [6, 6.07) is 4.65. The summed E-state index contributed by atoms with van der Waals surface area (Å²) in [7, 11) is 1.50. The Morgan fingerprint density at radius 3 is 2.71 bits per heavy atom. The van der Waals surface area contributed by atoms with Gasteiger partial charge in [0, 0.05) is 12.7 Å². The van der Waals surface area contributed by atoms with E-state index in [2.05, 4.69) is 5.10 Å². The van der Waals surface area contributed by atoms with Gasteiger partial charge in [-0.15, -0.1) is 0 Å². The van der Waals surface area contributed by atoms with Gasteiger partial charge < -0.3 is 5.73 Å². The van der Waals surface area contributed by atoms with Crippen molar-refractivity contribution in [1.29, 1.82) is 0 Å². The average Bonchev–Trinajstić information content (AvgIpc) is 2.14. The molecule has 0 spiro atoms. The number of fused-ring (bicyclic) bond motifs is 1. The summed E-state index contributed by atoms with van der Waals surface area (Å²) in [6.45, 7) is 0. The van der Waals surface area contributed by atoms with Gasteiger partial charge >= 0.3 is 0 Å². The van der Waals surface area contributed by atoms with Gasteiger partial charge in [0.05, 0.1) is 10.8 Å². The summed E-state index contributed by atoms with van der Waals surface area (Å²) in [5, 5.41) is 3.11. The molecular formula is C9H9N3O2. The van der Waals surface area contributed by atoms with Gasteiger partial charge in [-0.1, -0.05) is 0 Å². The van der Waals surface area contributed by atoms with Gasteiger partial charge in [-0.25, -0.2) is 0 Å². The molecule has 1 aromatic heterocycles. The molecule has 0 aliphatic carbocycles. The topological polar surface area (TPSA) is 80.9 Å². The van der Waals surface area contributed by atoms with E-state index in [-0.39, 0.29) is 11.1 Å². The molecule has 2 rings (SSSR count). The molecule has 0 amide bonds. The van der Waals surface area contributed by atoms with Crippen LogP contribution >= 0.6 is 0 Å². The molecule has 1 heterocycles. The van der Waals surface area contributed by atoms with Crippen molar-refractivity contribution in [2.75, 3.05) is 5.73 Å². The van der Waals surface area contributed by atoms with E-state index in [1.165, 1.54) is 13.1 Å². The van der Waals surface area contributed by atoms with Gasteiger partial charge in [0.2, 0.25) is 0 Å². The smallest absolute Gasteiger partial charge is 0.272 e. The lowest BCUT2D eigenvalue weighted by atomic mass is 10.2. The van der Waals surface area contributed by atoms with Crippen LogP contribution in [0, 0.1) is 0 Å². The molecule has 0 aliphatic heterocycles. The van der Waals surface area contributed by atoms with Gasteiger partial charge in [-0.3, -0.25) is 19.4 Å². The fraction of sp³-hybridized carbons (Fsp3) is 0.111. The largest absolute Gasteiger partial charge is 0.399 e. The summed E-state index contributed by atoms with van der Waals surface area (Å²) < 4.78 is 1.15. The summed E-state index contributed by atoms with van der Waals surface area (Å²) in [4.78, 5) is 23.0. The highest BCUT2D eigenvalue weighted by Crippen LogP contribution is 2.08. The summed E-state index contributed by atoms with van der Waals surface area (Å²) >= 11 is 0. The van der Waals surface area contributed by atoms with E-state index < -0.39 is 0 Å². The molecule has 5 nitrogen and oxygen atoms in total. The predicted octanol–water partition coefficient (Wildman–Crippen LogP) is -0.191. The molecule has 2 aromatic rings. The molecule has 0 fully saturated rings. The first-order valence-electron chi connectivity index (χ1n) is 4.08. The summed E-state index contributed by atoms with van der Waals surface area (Å²) in [6.07, 6.45) is 0. The van der Waals surface area contributed by atoms with E-state index in [0.717, 1.165) is 4.68 Å². The number of anilines is 1. The molecule has 1 aromatic carbocycles. The zero-order chi connectivity index (χ0) is 10.3. The van der Waals surface area contributed by atoms with Crippen LogP contribution in [0.15, 0.2) is 27.8 Å². The van der Waals surface area contributed by atoms with Crippen LogP contribution in [0.4, 0.5) is 5.69 Å². The van der Waals surface area contributed by atoms with E-state index in [4.69, 9.17) is 5.73 Å². The van der Waals surface area contributed by atoms with Gasteiger partial charge in [0.25, 0.3) is 11.1 Å². The number of rotatable bonds is 0. The lowest BCUT2D eigenvalue weighted by Crippen LogP contribution is -2.27. The van der Waals surface area contributed by atoms with E-state index in [9.17, 15) is 9.59 Å². The van der Waals surface area contributed by atoms with Crippen molar-refractivity contribution in [2.24, 2.45) is 7.05 Å². The molecule has 0 bridgehead atoms. The zero-order valence-corrected chi connectivity index (χ0v) is 7.57. The average molecular weight is 191 g/mol. The van der Waals surface area contributed by atoms with Gasteiger partial charge in [-0.2, -0.15) is 0 Å². The summed E-state index contributed by atoms with van der Waals surface area (Å²) in [5.74, 6) is 0. The van der Waals surface area contributed by atoms with Gasteiger partial charge in [0.15, 0.2) is 0 Å². The number of benzene rings is 1. The van der Waals surface area contributed by atoms with Crippen molar-refractivity contribution in [3.05, 3.63) is 38.9 Å². The molecule has 3 N–H and O–H groups in total. The van der Waals surface area contributed by atoms with Crippen LogP contribution in [0.1, 0.15) is 0 Å². The van der Waals surface area contributed by atoms with Crippen LogP contribution in [0.2, 0.25) is 0 Å². The minimum atomic E-state index is -0.311. The zero-order valence-electron chi connectivity index (χ0n) is 7.57. The van der Waals surface area contributed by atoms with E-state index >= 15 is 0 Å². The molecule has 0 radical (unpaired) electrons. The number of nitrogens with two attached hydrogens (primary N) is 1. The van der Waals surface area contributed by atoms with Crippen molar-refractivity contribution in [1.82, 2.24) is 9.78 Å². The molecule has 14 heavy (non-hydrogen) atoms. The molecule has 0 unspecified atom stereocenters. The second-order valence-electron chi connectivity index (χ2n) is 3.11. The number of nitrogens with one attached hydrogen (secondary N) is 1. The fourth-order valence-electron chi connectivity index (χ4n) is 1.38. The third-order valence-electron chi connectivity index (χ3n) is 2.09. The molecule has 0 atom stereocenters. The predicted molar refractivity (Wildman–Crippen MR) is 54.2 cm³/mol. The second kappa shape index (κ2) is 2.73. The highest BCUT2D eigenvalue weighted by molar-refractivity contribution is 5.83. The standard InChI is InChI=1S/C9H9N3O2/c1-12-9(14)6-3-2-5(10)4-7(6)8(13)11-12/h2-4H,10H2,1H3,(H,11,13). The first-order chi connectivity index (χ1) is 6.59. The van der Waals surface area contributed by atoms with Crippen LogP contribution in [-0.2, 0) is 7.05 Å².